The molecule has 0 aromatic heterocycles. The smallest absolute Gasteiger partial charge is 0.319 e. The average molecular weight is 395 g/mol. The predicted molar refractivity (Wildman–Crippen MR) is 114 cm³/mol. The van der Waals surface area contributed by atoms with E-state index in [2.05, 4.69) is 11.4 Å². The molecule has 5 nitrogen and oxygen atoms in total. The molecule has 1 atom stereocenters. The second-order valence-corrected chi connectivity index (χ2v) is 7.30. The van der Waals surface area contributed by atoms with Crippen LogP contribution in [-0.4, -0.2) is 16.8 Å². The number of imide groups is 1. The van der Waals surface area contributed by atoms with Crippen molar-refractivity contribution in [3.05, 3.63) is 95.6 Å². The molecule has 1 aliphatic heterocycles. The number of urea groups is 1. The Hall–Kier alpha value is -3.91. The Morgan fingerprint density at radius 1 is 0.933 bits per heavy atom. The highest BCUT2D eigenvalue weighted by molar-refractivity contribution is 6.07. The van der Waals surface area contributed by atoms with Gasteiger partial charge in [0, 0.05) is 0 Å². The second kappa shape index (κ2) is 7.84. The van der Waals surface area contributed by atoms with Crippen LogP contribution in [0.15, 0.2) is 78.9 Å². The van der Waals surface area contributed by atoms with Crippen LogP contribution in [0.4, 0.5) is 4.79 Å². The Balaban J connectivity index is 1.58. The van der Waals surface area contributed by atoms with Gasteiger partial charge in [0.05, 0.1) is 18.2 Å². The van der Waals surface area contributed by atoms with Gasteiger partial charge in [-0.2, -0.15) is 5.26 Å². The van der Waals surface area contributed by atoms with Gasteiger partial charge in [0.1, 0.15) is 5.54 Å². The minimum absolute atomic E-state index is 0.194. The fourth-order valence-electron chi connectivity index (χ4n) is 3.94. The molecule has 3 aromatic carbocycles. The third-order valence-electron chi connectivity index (χ3n) is 5.63. The summed E-state index contributed by atoms with van der Waals surface area (Å²) in [5, 5.41) is 12.2. The van der Waals surface area contributed by atoms with Crippen molar-refractivity contribution in [1.29, 1.82) is 5.26 Å². The van der Waals surface area contributed by atoms with Crippen molar-refractivity contribution < 1.29 is 9.59 Å². The molecule has 0 spiro atoms. The Bertz CT molecular complexity index is 1130. The van der Waals surface area contributed by atoms with Crippen molar-refractivity contribution >= 4 is 11.9 Å². The quantitative estimate of drug-likeness (QED) is 0.643. The van der Waals surface area contributed by atoms with E-state index in [1.54, 1.807) is 6.07 Å². The summed E-state index contributed by atoms with van der Waals surface area (Å²) in [5.74, 6) is -0.236. The fraction of sp³-hybridized carbons (Fsp3) is 0.160. The van der Waals surface area contributed by atoms with Crippen molar-refractivity contribution in [3.63, 3.8) is 0 Å². The zero-order valence-corrected chi connectivity index (χ0v) is 16.6. The lowest BCUT2D eigenvalue weighted by atomic mass is 9.87. The topological polar surface area (TPSA) is 73.2 Å². The third kappa shape index (κ3) is 3.23. The molecular weight excluding hydrogens is 374 g/mol. The normalized spacial score (nSPS) is 18.2. The summed E-state index contributed by atoms with van der Waals surface area (Å²) in [5.41, 5.74) is 2.99. The summed E-state index contributed by atoms with van der Waals surface area (Å²) in [7, 11) is 0. The van der Waals surface area contributed by atoms with E-state index in [1.165, 1.54) is 4.90 Å². The van der Waals surface area contributed by atoms with Gasteiger partial charge in [0.15, 0.2) is 0 Å². The van der Waals surface area contributed by atoms with E-state index in [9.17, 15) is 14.9 Å². The van der Waals surface area contributed by atoms with Crippen LogP contribution < -0.4 is 5.32 Å². The number of carbonyl (C=O) groups excluding carboxylic acids is 2. The van der Waals surface area contributed by atoms with Crippen molar-refractivity contribution in [1.82, 2.24) is 10.2 Å². The highest BCUT2D eigenvalue weighted by atomic mass is 16.2. The van der Waals surface area contributed by atoms with Gasteiger partial charge >= 0.3 is 6.03 Å². The van der Waals surface area contributed by atoms with Crippen LogP contribution in [0.25, 0.3) is 11.1 Å². The van der Waals surface area contributed by atoms with E-state index in [4.69, 9.17) is 0 Å². The number of nitrogens with zero attached hydrogens (tertiary/aromatic N) is 2. The van der Waals surface area contributed by atoms with Crippen molar-refractivity contribution in [2.75, 3.05) is 0 Å². The van der Waals surface area contributed by atoms with E-state index in [0.29, 0.717) is 12.0 Å². The number of nitriles is 1. The molecule has 0 unspecified atom stereocenters. The van der Waals surface area contributed by atoms with Crippen LogP contribution in [0.1, 0.15) is 30.0 Å². The summed E-state index contributed by atoms with van der Waals surface area (Å²) in [6.45, 7) is 2.09. The maximum atomic E-state index is 13.3. The van der Waals surface area contributed by atoms with E-state index >= 15 is 0 Å². The number of amides is 3. The number of benzene rings is 3. The van der Waals surface area contributed by atoms with E-state index in [0.717, 1.165) is 22.3 Å². The standard InChI is InChI=1S/C25H21N3O2/c1-2-25(21-9-4-3-5-10-21)23(29)28(24(30)27-25)17-18-12-14-19(15-13-18)22-11-7-6-8-20(22)16-26/h3-15H,2,17H2,1H3,(H,27,30)/t25-/m1/s1. The monoisotopic (exact) mass is 395 g/mol. The van der Waals surface area contributed by atoms with Gasteiger partial charge in [-0.25, -0.2) is 4.79 Å². The second-order valence-electron chi connectivity index (χ2n) is 7.30. The molecular formula is C25H21N3O2. The maximum Gasteiger partial charge on any atom is 0.325 e. The molecule has 3 aromatic rings. The van der Waals surface area contributed by atoms with Gasteiger partial charge in [-0.15, -0.1) is 0 Å². The van der Waals surface area contributed by atoms with Crippen molar-refractivity contribution in [2.24, 2.45) is 0 Å². The predicted octanol–water partition coefficient (Wildman–Crippen LogP) is 4.58. The molecule has 0 radical (unpaired) electrons. The Morgan fingerprint density at radius 2 is 1.60 bits per heavy atom. The zero-order chi connectivity index (χ0) is 21.1. The first-order chi connectivity index (χ1) is 14.6. The minimum atomic E-state index is -1.02. The summed E-state index contributed by atoms with van der Waals surface area (Å²) in [6, 6.07) is 26.2. The first-order valence-corrected chi connectivity index (χ1v) is 9.87. The molecule has 4 rings (SSSR count). The number of hydrogen-bond donors (Lipinski definition) is 1. The van der Waals surface area contributed by atoms with Crippen LogP contribution in [-0.2, 0) is 16.9 Å². The van der Waals surface area contributed by atoms with Gasteiger partial charge in [-0.3, -0.25) is 9.69 Å². The Kier molecular flexibility index (Phi) is 5.07. The van der Waals surface area contributed by atoms with E-state index in [-0.39, 0.29) is 18.5 Å². The molecule has 1 fully saturated rings. The summed E-state index contributed by atoms with van der Waals surface area (Å²) in [4.78, 5) is 27.2. The largest absolute Gasteiger partial charge is 0.325 e. The lowest BCUT2D eigenvalue weighted by Gasteiger charge is -2.25. The van der Waals surface area contributed by atoms with Crippen molar-refractivity contribution in [2.45, 2.75) is 25.4 Å². The molecule has 1 aliphatic rings. The maximum absolute atomic E-state index is 13.3. The number of nitrogens with one attached hydrogen (secondary N) is 1. The van der Waals surface area contributed by atoms with Crippen molar-refractivity contribution in [3.8, 4) is 17.2 Å². The highest BCUT2D eigenvalue weighted by Crippen LogP contribution is 2.33. The molecule has 3 amide bonds. The molecule has 1 saturated heterocycles. The molecule has 1 heterocycles. The van der Waals surface area contributed by atoms with E-state index in [1.807, 2.05) is 79.7 Å². The van der Waals surface area contributed by atoms with Gasteiger partial charge < -0.3 is 5.32 Å². The lowest BCUT2D eigenvalue weighted by Crippen LogP contribution is -2.43. The molecule has 1 N–H and O–H groups in total. The van der Waals surface area contributed by atoms with Gasteiger partial charge in [0.2, 0.25) is 0 Å². The Morgan fingerprint density at radius 3 is 2.27 bits per heavy atom. The van der Waals surface area contributed by atoms with Crippen LogP contribution in [0.3, 0.4) is 0 Å². The highest BCUT2D eigenvalue weighted by Gasteiger charge is 2.50. The van der Waals surface area contributed by atoms with E-state index < -0.39 is 5.54 Å². The lowest BCUT2D eigenvalue weighted by molar-refractivity contribution is -0.132. The molecule has 148 valence electrons. The number of rotatable bonds is 5. The van der Waals surface area contributed by atoms with Gasteiger partial charge in [-0.05, 0) is 34.7 Å². The molecule has 5 heteroatoms. The van der Waals surface area contributed by atoms with Gasteiger partial charge in [-0.1, -0.05) is 79.7 Å². The summed E-state index contributed by atoms with van der Waals surface area (Å²) >= 11 is 0. The van der Waals surface area contributed by atoms with Gasteiger partial charge in [0.25, 0.3) is 5.91 Å². The first-order valence-electron chi connectivity index (χ1n) is 9.87. The Labute approximate surface area is 175 Å². The third-order valence-corrected chi connectivity index (χ3v) is 5.63. The zero-order valence-electron chi connectivity index (χ0n) is 16.6. The number of hydrogen-bond acceptors (Lipinski definition) is 3. The average Bonchev–Trinajstić information content (AvgIpc) is 3.05. The van der Waals surface area contributed by atoms with Crippen LogP contribution in [0.2, 0.25) is 0 Å². The minimum Gasteiger partial charge on any atom is -0.319 e. The van der Waals surface area contributed by atoms with Crippen LogP contribution >= 0.6 is 0 Å². The summed E-state index contributed by atoms with van der Waals surface area (Å²) < 4.78 is 0. The van der Waals surface area contributed by atoms with Crippen LogP contribution in [0.5, 0.6) is 0 Å². The summed E-state index contributed by atoms with van der Waals surface area (Å²) in [6.07, 6.45) is 0.474. The first kappa shape index (κ1) is 19.4. The molecule has 0 saturated carbocycles. The number of carbonyl (C=O) groups is 2. The fourth-order valence-corrected chi connectivity index (χ4v) is 3.94. The SMILES string of the molecule is CC[C@]1(c2ccccc2)NC(=O)N(Cc2ccc(-c3ccccc3C#N)cc2)C1=O. The van der Waals surface area contributed by atoms with Crippen LogP contribution in [0, 0.1) is 11.3 Å². The molecule has 30 heavy (non-hydrogen) atoms. The molecule has 0 bridgehead atoms. The molecule has 0 aliphatic carbocycles.